The van der Waals surface area contributed by atoms with Crippen molar-refractivity contribution in [2.75, 3.05) is 25.1 Å². The highest BCUT2D eigenvalue weighted by Crippen LogP contribution is 2.17. The topological polar surface area (TPSA) is 71.5 Å². The molecule has 0 amide bonds. The molecule has 0 saturated heterocycles. The second kappa shape index (κ2) is 7.74. The number of aromatic nitrogens is 1. The molecule has 0 aromatic carbocycles. The summed E-state index contributed by atoms with van der Waals surface area (Å²) in [6.45, 7) is 8.07. The first kappa shape index (κ1) is 15.4. The number of carboxylic acids is 1. The van der Waals surface area contributed by atoms with Gasteiger partial charge in [0.25, 0.3) is 0 Å². The van der Waals surface area contributed by atoms with Gasteiger partial charge in [-0.3, -0.25) is 0 Å². The molecule has 0 saturated carbocycles. The summed E-state index contributed by atoms with van der Waals surface area (Å²) < 4.78 is 5.24. The zero-order valence-corrected chi connectivity index (χ0v) is 11.8. The highest BCUT2D eigenvalue weighted by molar-refractivity contribution is 5.88. The average Bonchev–Trinajstić information content (AvgIpc) is 2.38. The van der Waals surface area contributed by atoms with Gasteiger partial charge in [-0.1, -0.05) is 13.8 Å². The van der Waals surface area contributed by atoms with E-state index in [4.69, 9.17) is 9.84 Å². The van der Waals surface area contributed by atoms with Crippen molar-refractivity contribution in [2.45, 2.75) is 33.1 Å². The molecular weight excluding hydrogens is 244 g/mol. The summed E-state index contributed by atoms with van der Waals surface area (Å²) in [6, 6.07) is 3.19. The van der Waals surface area contributed by atoms with Gasteiger partial charge >= 0.3 is 5.97 Å². The lowest BCUT2D eigenvalue weighted by atomic mass is 10.1. The van der Waals surface area contributed by atoms with Crippen LogP contribution >= 0.6 is 0 Å². The Bertz CT molecular complexity index is 419. The van der Waals surface area contributed by atoms with Crippen molar-refractivity contribution in [3.63, 3.8) is 0 Å². The van der Waals surface area contributed by atoms with E-state index in [0.717, 1.165) is 12.1 Å². The number of pyridine rings is 1. The minimum atomic E-state index is -0.929. The molecule has 0 unspecified atom stereocenters. The van der Waals surface area contributed by atoms with Crippen molar-refractivity contribution in [1.82, 2.24) is 4.98 Å². The Kier molecular flexibility index (Phi) is 6.29. The first-order valence-electron chi connectivity index (χ1n) is 6.61. The Morgan fingerprint density at radius 3 is 2.79 bits per heavy atom. The Balaban J connectivity index is 2.68. The molecule has 0 aliphatic heterocycles. The van der Waals surface area contributed by atoms with Gasteiger partial charge in [0.2, 0.25) is 0 Å². The van der Waals surface area contributed by atoms with Crippen molar-refractivity contribution < 1.29 is 14.6 Å². The van der Waals surface area contributed by atoms with Crippen LogP contribution in [0.15, 0.2) is 12.1 Å². The van der Waals surface area contributed by atoms with Crippen molar-refractivity contribution in [3.8, 4) is 0 Å². The number of aromatic carboxylic acids is 1. The predicted molar refractivity (Wildman–Crippen MR) is 74.9 cm³/mol. The second-order valence-corrected chi connectivity index (χ2v) is 4.60. The normalized spacial score (nSPS) is 10.7. The first-order valence-corrected chi connectivity index (χ1v) is 6.61. The number of carbonyl (C=O) groups is 1. The van der Waals surface area contributed by atoms with Crippen LogP contribution in [0.4, 0.5) is 5.82 Å². The molecule has 19 heavy (non-hydrogen) atoms. The van der Waals surface area contributed by atoms with Crippen LogP contribution in [0, 0.1) is 0 Å². The number of hydrogen-bond acceptors (Lipinski definition) is 4. The number of anilines is 1. The third-order valence-electron chi connectivity index (χ3n) is 2.66. The van der Waals surface area contributed by atoms with E-state index < -0.39 is 5.97 Å². The van der Waals surface area contributed by atoms with Crippen molar-refractivity contribution in [1.29, 1.82) is 0 Å². The molecular formula is C14H22N2O3. The molecule has 0 spiro atoms. The maximum absolute atomic E-state index is 11.1. The molecule has 5 heteroatoms. The third-order valence-corrected chi connectivity index (χ3v) is 2.66. The van der Waals surface area contributed by atoms with E-state index in [-0.39, 0.29) is 11.5 Å². The Morgan fingerprint density at radius 2 is 2.21 bits per heavy atom. The molecule has 1 rings (SSSR count). The summed E-state index contributed by atoms with van der Waals surface area (Å²) in [5, 5.41) is 12.2. The van der Waals surface area contributed by atoms with Crippen LogP contribution in [-0.4, -0.2) is 35.8 Å². The van der Waals surface area contributed by atoms with E-state index in [9.17, 15) is 4.79 Å². The van der Waals surface area contributed by atoms with Crippen LogP contribution < -0.4 is 5.32 Å². The standard InChI is InChI=1S/C14H22N2O3/c1-4-19-7-5-6-15-13-9-11(14(17)18)8-12(16-13)10(2)3/h8-10H,4-7H2,1-3H3,(H,15,16)(H,17,18). The minimum absolute atomic E-state index is 0.197. The Hall–Kier alpha value is -1.62. The fraction of sp³-hybridized carbons (Fsp3) is 0.571. The van der Waals surface area contributed by atoms with Gasteiger partial charge in [0.1, 0.15) is 5.82 Å². The molecule has 0 aliphatic carbocycles. The van der Waals surface area contributed by atoms with Crippen molar-refractivity contribution >= 4 is 11.8 Å². The zero-order valence-electron chi connectivity index (χ0n) is 11.8. The van der Waals surface area contributed by atoms with Crippen molar-refractivity contribution in [2.24, 2.45) is 0 Å². The van der Waals surface area contributed by atoms with Crippen LogP contribution in [0.5, 0.6) is 0 Å². The van der Waals surface area contributed by atoms with Crippen LogP contribution in [0.2, 0.25) is 0 Å². The van der Waals surface area contributed by atoms with E-state index in [1.165, 1.54) is 0 Å². The molecule has 1 aromatic rings. The number of nitrogens with one attached hydrogen (secondary N) is 1. The quantitative estimate of drug-likeness (QED) is 0.708. The number of carboxylic acid groups (broad SMARTS) is 1. The maximum Gasteiger partial charge on any atom is 0.335 e. The summed E-state index contributed by atoms with van der Waals surface area (Å²) in [5.41, 5.74) is 1.05. The van der Waals surface area contributed by atoms with Crippen LogP contribution in [-0.2, 0) is 4.74 Å². The SMILES string of the molecule is CCOCCCNc1cc(C(=O)O)cc(C(C)C)n1. The van der Waals surface area contributed by atoms with Crippen LogP contribution in [0.1, 0.15) is 49.2 Å². The largest absolute Gasteiger partial charge is 0.478 e. The minimum Gasteiger partial charge on any atom is -0.478 e. The van der Waals surface area contributed by atoms with E-state index in [1.54, 1.807) is 12.1 Å². The Labute approximate surface area is 114 Å². The summed E-state index contributed by atoms with van der Waals surface area (Å²) >= 11 is 0. The van der Waals surface area contributed by atoms with Gasteiger partial charge in [0, 0.05) is 25.5 Å². The average molecular weight is 266 g/mol. The fourth-order valence-electron chi connectivity index (χ4n) is 1.60. The molecule has 0 aliphatic rings. The van der Waals surface area contributed by atoms with Gasteiger partial charge in [-0.25, -0.2) is 9.78 Å². The summed E-state index contributed by atoms with van der Waals surface area (Å²) in [7, 11) is 0. The van der Waals surface area contributed by atoms with Gasteiger partial charge in [0.15, 0.2) is 0 Å². The van der Waals surface area contributed by atoms with E-state index in [0.29, 0.717) is 25.6 Å². The zero-order chi connectivity index (χ0) is 14.3. The molecule has 0 fully saturated rings. The Morgan fingerprint density at radius 1 is 1.47 bits per heavy atom. The fourth-order valence-corrected chi connectivity index (χ4v) is 1.60. The highest BCUT2D eigenvalue weighted by Gasteiger charge is 2.10. The predicted octanol–water partition coefficient (Wildman–Crippen LogP) is 2.74. The van der Waals surface area contributed by atoms with Crippen molar-refractivity contribution in [3.05, 3.63) is 23.4 Å². The van der Waals surface area contributed by atoms with Gasteiger partial charge in [-0.15, -0.1) is 0 Å². The van der Waals surface area contributed by atoms with E-state index in [1.807, 2.05) is 20.8 Å². The van der Waals surface area contributed by atoms with Gasteiger partial charge in [-0.05, 0) is 31.4 Å². The molecule has 5 nitrogen and oxygen atoms in total. The summed E-state index contributed by atoms with van der Waals surface area (Å²) in [6.07, 6.45) is 0.865. The lowest BCUT2D eigenvalue weighted by molar-refractivity contribution is 0.0696. The van der Waals surface area contributed by atoms with Crippen LogP contribution in [0.25, 0.3) is 0 Å². The number of rotatable bonds is 8. The van der Waals surface area contributed by atoms with Gasteiger partial charge < -0.3 is 15.2 Å². The third kappa shape index (κ3) is 5.26. The number of ether oxygens (including phenoxy) is 1. The monoisotopic (exact) mass is 266 g/mol. The highest BCUT2D eigenvalue weighted by atomic mass is 16.5. The molecule has 2 N–H and O–H groups in total. The van der Waals surface area contributed by atoms with Gasteiger partial charge in [-0.2, -0.15) is 0 Å². The van der Waals surface area contributed by atoms with Crippen LogP contribution in [0.3, 0.4) is 0 Å². The lowest BCUT2D eigenvalue weighted by Gasteiger charge is -2.11. The van der Waals surface area contributed by atoms with E-state index >= 15 is 0 Å². The lowest BCUT2D eigenvalue weighted by Crippen LogP contribution is -2.10. The molecule has 106 valence electrons. The maximum atomic E-state index is 11.1. The molecule has 0 bridgehead atoms. The summed E-state index contributed by atoms with van der Waals surface area (Å²) in [4.78, 5) is 15.5. The number of hydrogen-bond donors (Lipinski definition) is 2. The molecule has 1 aromatic heterocycles. The second-order valence-electron chi connectivity index (χ2n) is 4.60. The smallest absolute Gasteiger partial charge is 0.335 e. The van der Waals surface area contributed by atoms with E-state index in [2.05, 4.69) is 10.3 Å². The molecule has 0 atom stereocenters. The molecule has 1 heterocycles. The molecule has 0 radical (unpaired) electrons. The van der Waals surface area contributed by atoms with Gasteiger partial charge in [0.05, 0.1) is 5.56 Å². The number of nitrogens with zero attached hydrogens (tertiary/aromatic N) is 1. The summed E-state index contributed by atoms with van der Waals surface area (Å²) in [5.74, 6) is -0.120. The first-order chi connectivity index (χ1) is 9.04.